The van der Waals surface area contributed by atoms with Crippen molar-refractivity contribution in [3.05, 3.63) is 35.9 Å². The predicted molar refractivity (Wildman–Crippen MR) is 76.2 cm³/mol. The molecule has 0 aliphatic heterocycles. The second-order valence-corrected chi connectivity index (χ2v) is 5.16. The lowest BCUT2D eigenvalue weighted by molar-refractivity contribution is 0.126. The largest absolute Gasteiger partial charge is 0.327 e. The molecule has 0 heterocycles. The number of hydrogen-bond acceptors (Lipinski definition) is 1. The van der Waals surface area contributed by atoms with Gasteiger partial charge in [-0.05, 0) is 17.9 Å². The van der Waals surface area contributed by atoms with E-state index in [0.717, 1.165) is 18.4 Å². The Balaban J connectivity index is 2.75. The Morgan fingerprint density at radius 2 is 1.89 bits per heavy atom. The second kappa shape index (κ2) is 7.52. The molecule has 0 aliphatic rings. The first-order valence-electron chi connectivity index (χ1n) is 7.10. The van der Waals surface area contributed by atoms with E-state index in [1.807, 2.05) is 30.3 Å². The first-order valence-corrected chi connectivity index (χ1v) is 7.10. The average Bonchev–Trinajstić information content (AvgIpc) is 2.44. The minimum atomic E-state index is -1.37. The topological polar surface area (TPSA) is 26.0 Å². The molecule has 0 fully saturated rings. The van der Waals surface area contributed by atoms with Crippen LogP contribution in [0.4, 0.5) is 4.39 Å². The Morgan fingerprint density at radius 1 is 1.22 bits per heavy atom. The number of alkyl halides is 1. The highest BCUT2D eigenvalue weighted by atomic mass is 19.1. The molecule has 2 N–H and O–H groups in total. The molecule has 1 nitrogen and oxygen atoms in total. The molecule has 0 radical (unpaired) electrons. The molecule has 18 heavy (non-hydrogen) atoms. The normalized spacial score (nSPS) is 16.2. The maximum absolute atomic E-state index is 15.0. The molecule has 0 amide bonds. The summed E-state index contributed by atoms with van der Waals surface area (Å²) in [4.78, 5) is 0. The molecule has 2 unspecified atom stereocenters. The van der Waals surface area contributed by atoms with E-state index in [0.29, 0.717) is 12.3 Å². The van der Waals surface area contributed by atoms with Crippen molar-refractivity contribution in [2.45, 2.75) is 51.6 Å². The molecular formula is C16H26FN. The van der Waals surface area contributed by atoms with Crippen LogP contribution in [0.1, 0.15) is 51.5 Å². The smallest absolute Gasteiger partial charge is 0.148 e. The highest BCUT2D eigenvalue weighted by Crippen LogP contribution is 2.34. The van der Waals surface area contributed by atoms with Gasteiger partial charge in [-0.15, -0.1) is 0 Å². The third kappa shape index (κ3) is 4.09. The molecule has 1 aromatic carbocycles. The van der Waals surface area contributed by atoms with E-state index >= 15 is 0 Å². The number of hydrogen-bond donors (Lipinski definition) is 1. The molecule has 0 bridgehead atoms. The lowest BCUT2D eigenvalue weighted by atomic mass is 9.83. The van der Waals surface area contributed by atoms with Gasteiger partial charge in [-0.25, -0.2) is 4.39 Å². The van der Waals surface area contributed by atoms with Crippen molar-refractivity contribution < 1.29 is 4.39 Å². The summed E-state index contributed by atoms with van der Waals surface area (Å²) in [5.74, 6) is 0.429. The number of benzene rings is 1. The van der Waals surface area contributed by atoms with Crippen LogP contribution in [0.3, 0.4) is 0 Å². The van der Waals surface area contributed by atoms with Gasteiger partial charge in [0, 0.05) is 6.54 Å². The van der Waals surface area contributed by atoms with Crippen molar-refractivity contribution >= 4 is 0 Å². The molecule has 1 aromatic rings. The Hall–Kier alpha value is -0.890. The van der Waals surface area contributed by atoms with Crippen molar-refractivity contribution in [1.82, 2.24) is 0 Å². The van der Waals surface area contributed by atoms with E-state index in [-0.39, 0.29) is 6.54 Å². The minimum Gasteiger partial charge on any atom is -0.327 e. The number of nitrogens with two attached hydrogens (primary N) is 1. The zero-order valence-electron chi connectivity index (χ0n) is 11.7. The first kappa shape index (κ1) is 15.2. The van der Waals surface area contributed by atoms with Gasteiger partial charge in [0.15, 0.2) is 0 Å². The van der Waals surface area contributed by atoms with Crippen LogP contribution in [0.5, 0.6) is 0 Å². The Morgan fingerprint density at radius 3 is 2.39 bits per heavy atom. The summed E-state index contributed by atoms with van der Waals surface area (Å²) in [7, 11) is 0. The summed E-state index contributed by atoms with van der Waals surface area (Å²) in [5.41, 5.74) is 5.05. The zero-order chi connectivity index (χ0) is 13.4. The quantitative estimate of drug-likeness (QED) is 0.727. The Kier molecular flexibility index (Phi) is 6.34. The fourth-order valence-electron chi connectivity index (χ4n) is 2.46. The second-order valence-electron chi connectivity index (χ2n) is 5.16. The van der Waals surface area contributed by atoms with E-state index in [1.165, 1.54) is 12.8 Å². The minimum absolute atomic E-state index is 0.0691. The van der Waals surface area contributed by atoms with Crippen molar-refractivity contribution in [2.75, 3.05) is 6.54 Å². The van der Waals surface area contributed by atoms with Crippen LogP contribution >= 0.6 is 0 Å². The molecule has 0 saturated carbocycles. The van der Waals surface area contributed by atoms with Crippen molar-refractivity contribution in [3.63, 3.8) is 0 Å². The molecule has 2 heteroatoms. The van der Waals surface area contributed by atoms with Gasteiger partial charge in [0.1, 0.15) is 5.67 Å². The maximum atomic E-state index is 15.0. The van der Waals surface area contributed by atoms with Gasteiger partial charge in [-0.3, -0.25) is 0 Å². The third-order valence-electron chi connectivity index (χ3n) is 3.77. The third-order valence-corrected chi connectivity index (χ3v) is 3.77. The summed E-state index contributed by atoms with van der Waals surface area (Å²) in [6, 6.07) is 9.37. The van der Waals surface area contributed by atoms with E-state index in [9.17, 15) is 4.39 Å². The zero-order valence-corrected chi connectivity index (χ0v) is 11.7. The molecule has 0 aliphatic carbocycles. The van der Waals surface area contributed by atoms with Crippen molar-refractivity contribution in [3.8, 4) is 0 Å². The maximum Gasteiger partial charge on any atom is 0.148 e. The van der Waals surface area contributed by atoms with Crippen LogP contribution in [0.25, 0.3) is 0 Å². The van der Waals surface area contributed by atoms with Crippen LogP contribution in [-0.4, -0.2) is 6.54 Å². The Labute approximate surface area is 111 Å². The van der Waals surface area contributed by atoms with Crippen LogP contribution in [0.15, 0.2) is 30.3 Å². The summed E-state index contributed by atoms with van der Waals surface area (Å²) in [6.07, 6.45) is 5.02. The number of unbranched alkanes of at least 4 members (excludes halogenated alkanes) is 1. The summed E-state index contributed by atoms with van der Waals surface area (Å²) in [5, 5.41) is 0. The highest BCUT2D eigenvalue weighted by Gasteiger charge is 2.32. The lowest BCUT2D eigenvalue weighted by Crippen LogP contribution is -2.32. The molecule has 2 atom stereocenters. The molecule has 0 spiro atoms. The van der Waals surface area contributed by atoms with E-state index in [2.05, 4.69) is 13.8 Å². The number of halogens is 1. The molecule has 1 rings (SSSR count). The number of rotatable bonds is 8. The van der Waals surface area contributed by atoms with Crippen LogP contribution in [0, 0.1) is 5.92 Å². The van der Waals surface area contributed by atoms with Crippen LogP contribution in [0.2, 0.25) is 0 Å². The van der Waals surface area contributed by atoms with E-state index in [1.54, 1.807) is 0 Å². The standard InChI is InChI=1S/C16H26FN/c1-3-5-9-14(4-2)12-16(17,13-18)15-10-7-6-8-11-15/h6-8,10-11,14H,3-5,9,12-13,18H2,1-2H3. The summed E-state index contributed by atoms with van der Waals surface area (Å²) in [6.45, 7) is 4.39. The highest BCUT2D eigenvalue weighted by molar-refractivity contribution is 5.23. The van der Waals surface area contributed by atoms with Gasteiger partial charge in [-0.1, -0.05) is 69.9 Å². The van der Waals surface area contributed by atoms with Gasteiger partial charge in [0.05, 0.1) is 0 Å². The lowest BCUT2D eigenvalue weighted by Gasteiger charge is -2.28. The molecule has 0 saturated heterocycles. The van der Waals surface area contributed by atoms with Gasteiger partial charge < -0.3 is 5.73 Å². The molecular weight excluding hydrogens is 225 g/mol. The Bertz CT molecular complexity index is 325. The summed E-state index contributed by atoms with van der Waals surface area (Å²) < 4.78 is 15.0. The fraction of sp³-hybridized carbons (Fsp3) is 0.625. The monoisotopic (exact) mass is 251 g/mol. The van der Waals surface area contributed by atoms with Crippen LogP contribution in [-0.2, 0) is 5.67 Å². The van der Waals surface area contributed by atoms with Gasteiger partial charge in [0.2, 0.25) is 0 Å². The van der Waals surface area contributed by atoms with Gasteiger partial charge in [0.25, 0.3) is 0 Å². The fourth-order valence-corrected chi connectivity index (χ4v) is 2.46. The molecule has 102 valence electrons. The SMILES string of the molecule is CCCCC(CC)CC(F)(CN)c1ccccc1. The average molecular weight is 251 g/mol. The predicted octanol–water partition coefficient (Wildman–Crippen LogP) is 4.42. The molecule has 0 aromatic heterocycles. The van der Waals surface area contributed by atoms with E-state index in [4.69, 9.17) is 5.73 Å². The van der Waals surface area contributed by atoms with Crippen molar-refractivity contribution in [1.29, 1.82) is 0 Å². The van der Waals surface area contributed by atoms with Gasteiger partial charge >= 0.3 is 0 Å². The van der Waals surface area contributed by atoms with Crippen LogP contribution < -0.4 is 5.73 Å². The summed E-state index contributed by atoms with van der Waals surface area (Å²) >= 11 is 0. The van der Waals surface area contributed by atoms with Gasteiger partial charge in [-0.2, -0.15) is 0 Å². The van der Waals surface area contributed by atoms with E-state index < -0.39 is 5.67 Å². The first-order chi connectivity index (χ1) is 8.66. The van der Waals surface area contributed by atoms with Crippen molar-refractivity contribution in [2.24, 2.45) is 11.7 Å².